The van der Waals surface area contributed by atoms with Gasteiger partial charge in [-0.3, -0.25) is 0 Å². The van der Waals surface area contributed by atoms with Crippen molar-refractivity contribution in [3.63, 3.8) is 0 Å². The van der Waals surface area contributed by atoms with Crippen LogP contribution in [0.3, 0.4) is 0 Å². The maximum atomic E-state index is 11.7. The molecule has 0 bridgehead atoms. The van der Waals surface area contributed by atoms with Gasteiger partial charge in [0.05, 0.1) is 6.61 Å². The molecule has 0 radical (unpaired) electrons. The molecule has 4 heteroatoms. The molecular formula is C13H18N2O2. The molecule has 1 fully saturated rings. The lowest BCUT2D eigenvalue weighted by Gasteiger charge is -2.10. The summed E-state index contributed by atoms with van der Waals surface area (Å²) in [6.07, 6.45) is 4.84. The van der Waals surface area contributed by atoms with E-state index < -0.39 is 0 Å². The molecular weight excluding hydrogens is 216 g/mol. The minimum Gasteiger partial charge on any atom is -0.461 e. The Morgan fingerprint density at radius 2 is 2.12 bits per heavy atom. The maximum absolute atomic E-state index is 11.7. The lowest BCUT2D eigenvalue weighted by Crippen LogP contribution is -2.11. The van der Waals surface area contributed by atoms with Crippen LogP contribution in [0.15, 0.2) is 6.07 Å². The minimum absolute atomic E-state index is 0.350. The Labute approximate surface area is 101 Å². The van der Waals surface area contributed by atoms with Crippen molar-refractivity contribution in [1.82, 2.24) is 9.97 Å². The molecule has 17 heavy (non-hydrogen) atoms. The summed E-state index contributed by atoms with van der Waals surface area (Å²) in [4.78, 5) is 20.2. The van der Waals surface area contributed by atoms with Crippen LogP contribution in [0.4, 0.5) is 0 Å². The molecule has 0 spiro atoms. The highest BCUT2D eigenvalue weighted by atomic mass is 16.5. The van der Waals surface area contributed by atoms with E-state index in [9.17, 15) is 4.79 Å². The smallest absolute Gasteiger partial charge is 0.357 e. The van der Waals surface area contributed by atoms with Crippen LogP contribution < -0.4 is 0 Å². The third kappa shape index (κ3) is 2.81. The van der Waals surface area contributed by atoms with E-state index in [1.165, 1.54) is 25.7 Å². The average Bonchev–Trinajstić information content (AvgIpc) is 2.82. The van der Waals surface area contributed by atoms with E-state index in [0.29, 0.717) is 24.0 Å². The van der Waals surface area contributed by atoms with E-state index in [1.54, 1.807) is 13.0 Å². The quantitative estimate of drug-likeness (QED) is 0.754. The molecule has 1 aromatic rings. The second-order valence-corrected chi connectivity index (χ2v) is 4.43. The largest absolute Gasteiger partial charge is 0.461 e. The first kappa shape index (κ1) is 12.0. The number of hydrogen-bond donors (Lipinski definition) is 0. The number of rotatable bonds is 3. The Hall–Kier alpha value is -1.45. The van der Waals surface area contributed by atoms with E-state index in [4.69, 9.17) is 4.74 Å². The maximum Gasteiger partial charge on any atom is 0.357 e. The van der Waals surface area contributed by atoms with E-state index in [1.807, 2.05) is 6.92 Å². The standard InChI is InChI=1S/C13H18N2O2/c1-3-17-13(16)12-8-11(14-9(2)15-12)10-6-4-5-7-10/h8,10H,3-7H2,1-2H3. The second kappa shape index (κ2) is 5.25. The van der Waals surface area contributed by atoms with E-state index >= 15 is 0 Å². The van der Waals surface area contributed by atoms with Gasteiger partial charge in [0.25, 0.3) is 0 Å². The Morgan fingerprint density at radius 3 is 2.76 bits per heavy atom. The van der Waals surface area contributed by atoms with E-state index in [2.05, 4.69) is 9.97 Å². The van der Waals surface area contributed by atoms with Crippen molar-refractivity contribution in [1.29, 1.82) is 0 Å². The molecule has 2 rings (SSSR count). The number of nitrogens with zero attached hydrogens (tertiary/aromatic N) is 2. The van der Waals surface area contributed by atoms with Crippen LogP contribution in [-0.2, 0) is 4.74 Å². The number of ether oxygens (including phenoxy) is 1. The number of hydrogen-bond acceptors (Lipinski definition) is 4. The Morgan fingerprint density at radius 1 is 1.41 bits per heavy atom. The normalized spacial score (nSPS) is 16.1. The second-order valence-electron chi connectivity index (χ2n) is 4.43. The molecule has 1 aromatic heterocycles. The Balaban J connectivity index is 2.25. The van der Waals surface area contributed by atoms with Crippen LogP contribution in [-0.4, -0.2) is 22.5 Å². The van der Waals surface area contributed by atoms with E-state index in [0.717, 1.165) is 5.69 Å². The molecule has 0 saturated heterocycles. The fraction of sp³-hybridized carbons (Fsp3) is 0.615. The molecule has 1 aliphatic rings. The van der Waals surface area contributed by atoms with Gasteiger partial charge in [0, 0.05) is 11.6 Å². The molecule has 1 saturated carbocycles. The van der Waals surface area contributed by atoms with Crippen molar-refractivity contribution in [2.24, 2.45) is 0 Å². The van der Waals surface area contributed by atoms with Gasteiger partial charge in [-0.25, -0.2) is 14.8 Å². The van der Waals surface area contributed by atoms with Gasteiger partial charge >= 0.3 is 5.97 Å². The molecule has 0 amide bonds. The van der Waals surface area contributed by atoms with Gasteiger partial charge in [-0.05, 0) is 32.8 Å². The van der Waals surface area contributed by atoms with Crippen LogP contribution in [0.1, 0.15) is 60.5 Å². The lowest BCUT2D eigenvalue weighted by molar-refractivity contribution is 0.0518. The van der Waals surface area contributed by atoms with Gasteiger partial charge in [-0.1, -0.05) is 12.8 Å². The highest BCUT2D eigenvalue weighted by Crippen LogP contribution is 2.33. The summed E-state index contributed by atoms with van der Waals surface area (Å²) in [6, 6.07) is 1.79. The Bertz CT molecular complexity index is 412. The third-order valence-corrected chi connectivity index (χ3v) is 3.12. The van der Waals surface area contributed by atoms with Crippen molar-refractivity contribution in [3.8, 4) is 0 Å². The number of aromatic nitrogens is 2. The fourth-order valence-electron chi connectivity index (χ4n) is 2.33. The average molecular weight is 234 g/mol. The topological polar surface area (TPSA) is 52.1 Å². The summed E-state index contributed by atoms with van der Waals surface area (Å²) < 4.78 is 4.97. The zero-order valence-electron chi connectivity index (χ0n) is 10.4. The van der Waals surface area contributed by atoms with Crippen molar-refractivity contribution in [3.05, 3.63) is 23.3 Å². The number of carbonyl (C=O) groups is 1. The molecule has 0 unspecified atom stereocenters. The summed E-state index contributed by atoms with van der Waals surface area (Å²) >= 11 is 0. The van der Waals surface area contributed by atoms with Crippen LogP contribution in [0.5, 0.6) is 0 Å². The van der Waals surface area contributed by atoms with E-state index in [-0.39, 0.29) is 5.97 Å². The highest BCUT2D eigenvalue weighted by Gasteiger charge is 2.21. The molecule has 0 aliphatic heterocycles. The SMILES string of the molecule is CCOC(=O)c1cc(C2CCCC2)nc(C)n1. The summed E-state index contributed by atoms with van der Waals surface area (Å²) in [5.41, 5.74) is 1.39. The minimum atomic E-state index is -0.350. The monoisotopic (exact) mass is 234 g/mol. The number of aryl methyl sites for hydroxylation is 1. The zero-order chi connectivity index (χ0) is 12.3. The predicted octanol–water partition coefficient (Wildman–Crippen LogP) is 2.62. The molecule has 0 N–H and O–H groups in total. The summed E-state index contributed by atoms with van der Waals surface area (Å²) in [5.74, 6) is 0.791. The first-order valence-electron chi connectivity index (χ1n) is 6.23. The van der Waals surface area contributed by atoms with Gasteiger partial charge in [0.1, 0.15) is 5.82 Å². The van der Waals surface area contributed by atoms with Crippen molar-refractivity contribution < 1.29 is 9.53 Å². The summed E-state index contributed by atoms with van der Waals surface area (Å²) in [6.45, 7) is 3.99. The fourth-order valence-corrected chi connectivity index (χ4v) is 2.33. The van der Waals surface area contributed by atoms with Crippen LogP contribution in [0.25, 0.3) is 0 Å². The first-order valence-corrected chi connectivity index (χ1v) is 6.23. The molecule has 0 atom stereocenters. The van der Waals surface area contributed by atoms with Gasteiger partial charge in [-0.2, -0.15) is 0 Å². The van der Waals surface area contributed by atoms with Crippen LogP contribution in [0.2, 0.25) is 0 Å². The predicted molar refractivity (Wildman–Crippen MR) is 63.9 cm³/mol. The van der Waals surface area contributed by atoms with Gasteiger partial charge in [0.2, 0.25) is 0 Å². The summed E-state index contributed by atoms with van der Waals surface area (Å²) in [7, 11) is 0. The van der Waals surface area contributed by atoms with Gasteiger partial charge in [-0.15, -0.1) is 0 Å². The van der Waals surface area contributed by atoms with Gasteiger partial charge in [0.15, 0.2) is 5.69 Å². The van der Waals surface area contributed by atoms with Gasteiger partial charge < -0.3 is 4.74 Å². The van der Waals surface area contributed by atoms with Crippen molar-refractivity contribution in [2.75, 3.05) is 6.61 Å². The van der Waals surface area contributed by atoms with Crippen molar-refractivity contribution >= 4 is 5.97 Å². The van der Waals surface area contributed by atoms with Crippen LogP contribution in [0, 0.1) is 6.92 Å². The highest BCUT2D eigenvalue weighted by molar-refractivity contribution is 5.87. The summed E-state index contributed by atoms with van der Waals surface area (Å²) in [5, 5.41) is 0. The van der Waals surface area contributed by atoms with Crippen LogP contribution >= 0.6 is 0 Å². The lowest BCUT2D eigenvalue weighted by atomic mass is 10.0. The molecule has 0 aromatic carbocycles. The number of carbonyl (C=O) groups excluding carboxylic acids is 1. The zero-order valence-corrected chi connectivity index (χ0v) is 10.4. The number of esters is 1. The van der Waals surface area contributed by atoms with Crippen molar-refractivity contribution in [2.45, 2.75) is 45.4 Å². The molecule has 4 nitrogen and oxygen atoms in total. The molecule has 1 aliphatic carbocycles. The third-order valence-electron chi connectivity index (χ3n) is 3.12. The first-order chi connectivity index (χ1) is 8.20. The molecule has 92 valence electrons. The molecule has 1 heterocycles. The Kier molecular flexibility index (Phi) is 3.71.